The maximum absolute atomic E-state index is 12.0. The second kappa shape index (κ2) is 7.40. The molecule has 5 nitrogen and oxygen atoms in total. The minimum atomic E-state index is -0.602. The Bertz CT molecular complexity index is 533. The molecule has 1 aromatic rings. The number of benzene rings is 1. The minimum absolute atomic E-state index is 0.0321. The average Bonchev–Trinajstić information content (AvgIpc) is 2.43. The van der Waals surface area contributed by atoms with Crippen LogP contribution in [0.25, 0.3) is 0 Å². The van der Waals surface area contributed by atoms with E-state index < -0.39 is 6.04 Å². The van der Waals surface area contributed by atoms with Crippen LogP contribution in [0.4, 0.5) is 5.69 Å². The molecule has 5 heteroatoms. The van der Waals surface area contributed by atoms with Crippen molar-refractivity contribution in [3.05, 3.63) is 29.8 Å². The quantitative estimate of drug-likeness (QED) is 0.778. The standard InChI is InChI=1S/C17H27N3O2/c1-11(2)15(18)16(22)19-10-14(21)20-13-9-7-6-8-12(13)17(3,4)5/h6-9,11,15H,10,18H2,1-5H3,(H,19,22)(H,20,21)/t15-/m0/s1. The van der Waals surface area contributed by atoms with Crippen LogP contribution in [0.3, 0.4) is 0 Å². The van der Waals surface area contributed by atoms with Crippen molar-refractivity contribution in [1.29, 1.82) is 0 Å². The molecule has 0 radical (unpaired) electrons. The SMILES string of the molecule is CC(C)[C@H](N)C(=O)NCC(=O)Nc1ccccc1C(C)(C)C. The summed E-state index contributed by atoms with van der Waals surface area (Å²) in [7, 11) is 0. The number of hydrogen-bond donors (Lipinski definition) is 3. The van der Waals surface area contributed by atoms with Crippen molar-refractivity contribution >= 4 is 17.5 Å². The summed E-state index contributed by atoms with van der Waals surface area (Å²) in [5.74, 6) is -0.542. The van der Waals surface area contributed by atoms with Gasteiger partial charge in [0.1, 0.15) is 0 Å². The molecule has 2 amide bonds. The lowest BCUT2D eigenvalue weighted by Crippen LogP contribution is -2.46. The Labute approximate surface area is 132 Å². The van der Waals surface area contributed by atoms with Gasteiger partial charge >= 0.3 is 0 Å². The largest absolute Gasteiger partial charge is 0.346 e. The van der Waals surface area contributed by atoms with Gasteiger partial charge in [0.2, 0.25) is 11.8 Å². The summed E-state index contributed by atoms with van der Waals surface area (Å²) in [6.45, 7) is 9.90. The van der Waals surface area contributed by atoms with Crippen LogP contribution in [0, 0.1) is 5.92 Å². The zero-order valence-electron chi connectivity index (χ0n) is 14.1. The van der Waals surface area contributed by atoms with E-state index in [9.17, 15) is 9.59 Å². The van der Waals surface area contributed by atoms with Gasteiger partial charge in [-0.3, -0.25) is 9.59 Å². The first-order chi connectivity index (χ1) is 10.1. The normalized spacial score (nSPS) is 12.9. The van der Waals surface area contributed by atoms with E-state index in [0.29, 0.717) is 0 Å². The molecule has 0 heterocycles. The second-order valence-corrected chi connectivity index (χ2v) is 6.83. The fraction of sp³-hybridized carbons (Fsp3) is 0.529. The molecular weight excluding hydrogens is 278 g/mol. The van der Waals surface area contributed by atoms with Crippen LogP contribution in [0.15, 0.2) is 24.3 Å². The Morgan fingerprint density at radius 3 is 2.32 bits per heavy atom. The first-order valence-electron chi connectivity index (χ1n) is 7.55. The molecule has 0 fully saturated rings. The zero-order valence-corrected chi connectivity index (χ0v) is 14.1. The minimum Gasteiger partial charge on any atom is -0.346 e. The van der Waals surface area contributed by atoms with E-state index in [1.54, 1.807) is 0 Å². The van der Waals surface area contributed by atoms with Crippen molar-refractivity contribution in [1.82, 2.24) is 5.32 Å². The molecule has 0 aliphatic heterocycles. The molecule has 0 saturated heterocycles. The molecule has 0 saturated carbocycles. The van der Waals surface area contributed by atoms with E-state index in [1.165, 1.54) is 0 Å². The molecule has 1 rings (SSSR count). The van der Waals surface area contributed by atoms with Crippen molar-refractivity contribution in [2.24, 2.45) is 11.7 Å². The van der Waals surface area contributed by atoms with Crippen LogP contribution >= 0.6 is 0 Å². The van der Waals surface area contributed by atoms with Gasteiger partial charge in [-0.2, -0.15) is 0 Å². The van der Waals surface area contributed by atoms with Gasteiger partial charge in [-0.15, -0.1) is 0 Å². The van der Waals surface area contributed by atoms with Gasteiger partial charge in [-0.1, -0.05) is 52.8 Å². The molecular formula is C17H27N3O2. The third-order valence-electron chi connectivity index (χ3n) is 3.45. The van der Waals surface area contributed by atoms with E-state index in [0.717, 1.165) is 11.3 Å². The number of anilines is 1. The highest BCUT2D eigenvalue weighted by Crippen LogP contribution is 2.29. The van der Waals surface area contributed by atoms with Crippen molar-refractivity contribution in [3.8, 4) is 0 Å². The third-order valence-corrected chi connectivity index (χ3v) is 3.45. The smallest absolute Gasteiger partial charge is 0.243 e. The summed E-state index contributed by atoms with van der Waals surface area (Å²) in [5.41, 5.74) is 7.48. The van der Waals surface area contributed by atoms with E-state index in [1.807, 2.05) is 38.1 Å². The Kier molecular flexibility index (Phi) is 6.11. The van der Waals surface area contributed by atoms with Gasteiger partial charge in [0.25, 0.3) is 0 Å². The summed E-state index contributed by atoms with van der Waals surface area (Å²) >= 11 is 0. The molecule has 0 aliphatic rings. The van der Waals surface area contributed by atoms with Crippen molar-refractivity contribution in [3.63, 3.8) is 0 Å². The number of carbonyl (C=O) groups is 2. The fourth-order valence-electron chi connectivity index (χ4n) is 2.03. The van der Waals surface area contributed by atoms with Gasteiger partial charge in [0, 0.05) is 5.69 Å². The molecule has 0 unspecified atom stereocenters. The van der Waals surface area contributed by atoms with Crippen molar-refractivity contribution < 1.29 is 9.59 Å². The van der Waals surface area contributed by atoms with Gasteiger partial charge in [0.15, 0.2) is 0 Å². The summed E-state index contributed by atoms with van der Waals surface area (Å²) in [6, 6.07) is 7.07. The average molecular weight is 305 g/mol. The molecule has 22 heavy (non-hydrogen) atoms. The Balaban J connectivity index is 2.66. The monoisotopic (exact) mass is 305 g/mol. The van der Waals surface area contributed by atoms with Gasteiger partial charge in [0.05, 0.1) is 12.6 Å². The first kappa shape index (κ1) is 18.2. The molecule has 1 atom stereocenters. The lowest BCUT2D eigenvalue weighted by atomic mass is 9.86. The molecule has 0 aromatic heterocycles. The topological polar surface area (TPSA) is 84.2 Å². The molecule has 122 valence electrons. The highest BCUT2D eigenvalue weighted by molar-refractivity contribution is 5.95. The van der Waals surface area contributed by atoms with Crippen LogP contribution in [0.5, 0.6) is 0 Å². The van der Waals surface area contributed by atoms with Crippen LogP contribution in [0.2, 0.25) is 0 Å². The second-order valence-electron chi connectivity index (χ2n) is 6.83. The Morgan fingerprint density at radius 1 is 1.18 bits per heavy atom. The number of carbonyl (C=O) groups excluding carboxylic acids is 2. The Hall–Kier alpha value is -1.88. The van der Waals surface area contributed by atoms with E-state index >= 15 is 0 Å². The van der Waals surface area contributed by atoms with E-state index in [-0.39, 0.29) is 29.7 Å². The lowest BCUT2D eigenvalue weighted by molar-refractivity contribution is -0.125. The zero-order chi connectivity index (χ0) is 16.9. The number of para-hydroxylation sites is 1. The van der Waals surface area contributed by atoms with Gasteiger partial charge in [-0.25, -0.2) is 0 Å². The molecule has 4 N–H and O–H groups in total. The summed E-state index contributed by atoms with van der Waals surface area (Å²) in [4.78, 5) is 23.8. The van der Waals surface area contributed by atoms with Crippen LogP contribution in [-0.2, 0) is 15.0 Å². The van der Waals surface area contributed by atoms with Gasteiger partial charge in [-0.05, 0) is 23.0 Å². The number of nitrogens with two attached hydrogens (primary N) is 1. The Morgan fingerprint density at radius 2 is 1.77 bits per heavy atom. The number of amides is 2. The van der Waals surface area contributed by atoms with Crippen LogP contribution in [0.1, 0.15) is 40.2 Å². The maximum atomic E-state index is 12.0. The predicted molar refractivity (Wildman–Crippen MR) is 89.6 cm³/mol. The van der Waals surface area contributed by atoms with E-state index in [2.05, 4.69) is 31.4 Å². The van der Waals surface area contributed by atoms with Gasteiger partial charge < -0.3 is 16.4 Å². The highest BCUT2D eigenvalue weighted by Gasteiger charge is 2.20. The third kappa shape index (κ3) is 5.15. The molecule has 0 bridgehead atoms. The summed E-state index contributed by atoms with van der Waals surface area (Å²) in [5, 5.41) is 5.41. The van der Waals surface area contributed by atoms with E-state index in [4.69, 9.17) is 5.73 Å². The first-order valence-corrected chi connectivity index (χ1v) is 7.55. The molecule has 0 spiro atoms. The fourth-order valence-corrected chi connectivity index (χ4v) is 2.03. The van der Waals surface area contributed by atoms with Crippen molar-refractivity contribution in [2.75, 3.05) is 11.9 Å². The number of rotatable bonds is 5. The molecule has 0 aliphatic carbocycles. The van der Waals surface area contributed by atoms with Crippen LogP contribution < -0.4 is 16.4 Å². The maximum Gasteiger partial charge on any atom is 0.243 e. The molecule has 1 aromatic carbocycles. The predicted octanol–water partition coefficient (Wildman–Crippen LogP) is 2.02. The number of hydrogen-bond acceptors (Lipinski definition) is 3. The summed E-state index contributed by atoms with van der Waals surface area (Å²) < 4.78 is 0. The van der Waals surface area contributed by atoms with Crippen molar-refractivity contribution in [2.45, 2.75) is 46.1 Å². The lowest BCUT2D eigenvalue weighted by Gasteiger charge is -2.23. The highest BCUT2D eigenvalue weighted by atomic mass is 16.2. The van der Waals surface area contributed by atoms with Crippen LogP contribution in [-0.4, -0.2) is 24.4 Å². The number of nitrogens with one attached hydrogen (secondary N) is 2. The summed E-state index contributed by atoms with van der Waals surface area (Å²) in [6.07, 6.45) is 0.